The Morgan fingerprint density at radius 2 is 2.10 bits per heavy atom. The molecule has 0 fully saturated rings. The van der Waals surface area contributed by atoms with E-state index >= 15 is 0 Å². The smallest absolute Gasteiger partial charge is 0.146 e. The zero-order valence-corrected chi connectivity index (χ0v) is 6.05. The molecule has 0 atom stereocenters. The first-order valence-corrected chi connectivity index (χ1v) is 2.87. The van der Waals surface area contributed by atoms with Gasteiger partial charge in [0.15, 0.2) is 0 Å². The summed E-state index contributed by atoms with van der Waals surface area (Å²) in [5, 5.41) is 6.89. The number of hydrogen-bond acceptors (Lipinski definition) is 2. The Bertz CT molecular complexity index is 180. The molecular formula is C8H11NO. The van der Waals surface area contributed by atoms with Crippen LogP contribution in [0, 0.1) is 5.41 Å². The molecule has 0 aromatic rings. The Kier molecular flexibility index (Phi) is 3.96. The van der Waals surface area contributed by atoms with Gasteiger partial charge in [-0.2, -0.15) is 0 Å². The summed E-state index contributed by atoms with van der Waals surface area (Å²) in [7, 11) is 0. The van der Waals surface area contributed by atoms with E-state index in [0.29, 0.717) is 5.76 Å². The number of allylic oxidation sites excluding steroid dienone is 3. The fourth-order valence-corrected chi connectivity index (χ4v) is 0.431. The highest BCUT2D eigenvalue weighted by Crippen LogP contribution is 2.03. The van der Waals surface area contributed by atoms with Crippen molar-refractivity contribution < 1.29 is 4.74 Å². The summed E-state index contributed by atoms with van der Waals surface area (Å²) in [6.07, 6.45) is 4.04. The van der Waals surface area contributed by atoms with Crippen molar-refractivity contribution in [1.29, 1.82) is 5.41 Å². The maximum Gasteiger partial charge on any atom is 0.146 e. The molecule has 2 nitrogen and oxygen atoms in total. The summed E-state index contributed by atoms with van der Waals surface area (Å²) in [4.78, 5) is 0. The van der Waals surface area contributed by atoms with E-state index in [2.05, 4.69) is 13.2 Å². The summed E-state index contributed by atoms with van der Waals surface area (Å²) in [5.41, 5.74) is 0.829. The predicted molar refractivity (Wildman–Crippen MR) is 43.0 cm³/mol. The van der Waals surface area contributed by atoms with Gasteiger partial charge in [0.05, 0.1) is 12.5 Å². The third kappa shape index (κ3) is 2.31. The van der Waals surface area contributed by atoms with Gasteiger partial charge in [0.1, 0.15) is 5.76 Å². The van der Waals surface area contributed by atoms with Gasteiger partial charge in [-0.1, -0.05) is 19.2 Å². The average molecular weight is 137 g/mol. The molecule has 0 heterocycles. The topological polar surface area (TPSA) is 33.1 Å². The molecule has 0 saturated heterocycles. The molecule has 0 aliphatic rings. The number of hydrogen-bond donors (Lipinski definition) is 1. The van der Waals surface area contributed by atoms with E-state index in [4.69, 9.17) is 10.1 Å². The van der Waals surface area contributed by atoms with E-state index in [1.807, 2.05) is 6.92 Å². The van der Waals surface area contributed by atoms with Gasteiger partial charge in [-0.25, -0.2) is 0 Å². The fraction of sp³-hybridized carbons (Fsp3) is 0.125. The van der Waals surface area contributed by atoms with Crippen LogP contribution in [-0.2, 0) is 4.74 Å². The lowest BCUT2D eigenvalue weighted by atomic mass is 10.2. The second kappa shape index (κ2) is 4.56. The van der Waals surface area contributed by atoms with E-state index in [9.17, 15) is 0 Å². The van der Waals surface area contributed by atoms with Gasteiger partial charge in [0.2, 0.25) is 0 Å². The first-order chi connectivity index (χ1) is 4.76. The zero-order chi connectivity index (χ0) is 7.98. The van der Waals surface area contributed by atoms with Gasteiger partial charge in [0, 0.05) is 0 Å². The van der Waals surface area contributed by atoms with Crippen LogP contribution in [0.2, 0.25) is 0 Å². The van der Waals surface area contributed by atoms with Crippen LogP contribution in [0.4, 0.5) is 0 Å². The van der Waals surface area contributed by atoms with Crippen LogP contribution < -0.4 is 0 Å². The van der Waals surface area contributed by atoms with Crippen LogP contribution in [-0.4, -0.2) is 6.21 Å². The number of rotatable bonds is 4. The molecular weight excluding hydrogens is 126 g/mol. The maximum absolute atomic E-state index is 6.89. The first kappa shape index (κ1) is 8.69. The lowest BCUT2D eigenvalue weighted by Crippen LogP contribution is -1.88. The highest BCUT2D eigenvalue weighted by Gasteiger charge is 1.93. The van der Waals surface area contributed by atoms with E-state index in [1.165, 1.54) is 6.26 Å². The molecule has 0 rings (SSSR count). The van der Waals surface area contributed by atoms with Crippen LogP contribution in [0.15, 0.2) is 36.8 Å². The Hall–Kier alpha value is -1.31. The highest BCUT2D eigenvalue weighted by atomic mass is 16.5. The lowest BCUT2D eigenvalue weighted by Gasteiger charge is -2.00. The SMILES string of the molecule is C=CO/C(C=N)=C(\C)C=C. The van der Waals surface area contributed by atoms with Gasteiger partial charge in [-0.3, -0.25) is 0 Å². The molecule has 0 amide bonds. The van der Waals surface area contributed by atoms with E-state index in [0.717, 1.165) is 11.8 Å². The van der Waals surface area contributed by atoms with E-state index in [1.54, 1.807) is 6.08 Å². The quantitative estimate of drug-likeness (QED) is 0.360. The van der Waals surface area contributed by atoms with Gasteiger partial charge in [0.25, 0.3) is 0 Å². The van der Waals surface area contributed by atoms with Crippen molar-refractivity contribution in [2.75, 3.05) is 0 Å². The highest BCUT2D eigenvalue weighted by molar-refractivity contribution is 5.74. The molecule has 10 heavy (non-hydrogen) atoms. The molecule has 0 aromatic heterocycles. The molecule has 54 valence electrons. The van der Waals surface area contributed by atoms with Gasteiger partial charge < -0.3 is 10.1 Å². The van der Waals surface area contributed by atoms with E-state index < -0.39 is 0 Å². The Morgan fingerprint density at radius 3 is 2.40 bits per heavy atom. The zero-order valence-electron chi connectivity index (χ0n) is 6.05. The molecule has 0 aromatic carbocycles. The molecule has 0 aliphatic carbocycles. The maximum atomic E-state index is 6.89. The summed E-state index contributed by atoms with van der Waals surface area (Å²) >= 11 is 0. The van der Waals surface area contributed by atoms with Crippen molar-refractivity contribution in [2.45, 2.75) is 6.92 Å². The van der Waals surface area contributed by atoms with Crippen molar-refractivity contribution in [3.05, 3.63) is 36.8 Å². The van der Waals surface area contributed by atoms with Crippen LogP contribution >= 0.6 is 0 Å². The third-order valence-corrected chi connectivity index (χ3v) is 1.04. The van der Waals surface area contributed by atoms with Crippen LogP contribution in [0.25, 0.3) is 0 Å². The van der Waals surface area contributed by atoms with Gasteiger partial charge >= 0.3 is 0 Å². The molecule has 0 spiro atoms. The normalized spacial score (nSPS) is 11.3. The minimum atomic E-state index is 0.477. The lowest BCUT2D eigenvalue weighted by molar-refractivity contribution is 0.377. The van der Waals surface area contributed by atoms with Crippen LogP contribution in [0.3, 0.4) is 0 Å². The first-order valence-electron chi connectivity index (χ1n) is 2.87. The van der Waals surface area contributed by atoms with Crippen molar-refractivity contribution in [3.63, 3.8) is 0 Å². The molecule has 0 aliphatic heterocycles. The minimum Gasteiger partial charge on any atom is -0.464 e. The molecule has 1 N–H and O–H groups in total. The average Bonchev–Trinajstić information content (AvgIpc) is 1.99. The second-order valence-electron chi connectivity index (χ2n) is 1.68. The molecule has 0 unspecified atom stereocenters. The molecule has 0 saturated carbocycles. The Balaban J connectivity index is 4.42. The summed E-state index contributed by atoms with van der Waals surface area (Å²) in [6, 6.07) is 0. The van der Waals surface area contributed by atoms with Crippen molar-refractivity contribution in [3.8, 4) is 0 Å². The molecule has 2 heteroatoms. The largest absolute Gasteiger partial charge is 0.464 e. The third-order valence-electron chi connectivity index (χ3n) is 1.04. The summed E-state index contributed by atoms with van der Waals surface area (Å²) in [6.45, 7) is 8.72. The monoisotopic (exact) mass is 137 g/mol. The van der Waals surface area contributed by atoms with E-state index in [-0.39, 0.29) is 0 Å². The van der Waals surface area contributed by atoms with Crippen LogP contribution in [0.5, 0.6) is 0 Å². The number of ether oxygens (including phenoxy) is 1. The number of nitrogens with one attached hydrogen (secondary N) is 1. The van der Waals surface area contributed by atoms with Crippen molar-refractivity contribution >= 4 is 6.21 Å². The van der Waals surface area contributed by atoms with Crippen molar-refractivity contribution in [1.82, 2.24) is 0 Å². The van der Waals surface area contributed by atoms with Crippen molar-refractivity contribution in [2.24, 2.45) is 0 Å². The van der Waals surface area contributed by atoms with Crippen LogP contribution in [0.1, 0.15) is 6.92 Å². The van der Waals surface area contributed by atoms with Gasteiger partial charge in [-0.15, -0.1) is 0 Å². The summed E-state index contributed by atoms with van der Waals surface area (Å²) < 4.78 is 4.87. The Morgan fingerprint density at radius 1 is 1.50 bits per heavy atom. The minimum absolute atomic E-state index is 0.477. The Labute approximate surface area is 61.0 Å². The second-order valence-corrected chi connectivity index (χ2v) is 1.68. The van der Waals surface area contributed by atoms with Gasteiger partial charge in [-0.05, 0) is 12.5 Å². The molecule has 0 radical (unpaired) electrons. The molecule has 0 bridgehead atoms. The fourth-order valence-electron chi connectivity index (χ4n) is 0.431. The standard InChI is InChI=1S/C8H11NO/c1-4-7(3)8(6-9)10-5-2/h4-6,9H,1-2H2,3H3/b8-7+,9-6?. The summed E-state index contributed by atoms with van der Waals surface area (Å²) in [5.74, 6) is 0.477. The predicted octanol–water partition coefficient (Wildman–Crippen LogP) is 2.26.